The molecule has 0 unspecified atom stereocenters. The molecule has 3 aromatic rings. The third-order valence-electron chi connectivity index (χ3n) is 4.10. The van der Waals surface area contributed by atoms with Crippen molar-refractivity contribution in [3.63, 3.8) is 0 Å². The lowest BCUT2D eigenvalue weighted by Crippen LogP contribution is -2.41. The van der Waals surface area contributed by atoms with Gasteiger partial charge in [-0.05, 0) is 24.3 Å². The number of aromatic nitrogens is 1. The molecule has 28 heavy (non-hydrogen) atoms. The second-order valence-corrected chi connectivity index (χ2v) is 8.37. The van der Waals surface area contributed by atoms with Crippen LogP contribution in [0.1, 0.15) is 10.8 Å². The van der Waals surface area contributed by atoms with Gasteiger partial charge in [-0.25, -0.2) is 4.98 Å². The molecule has 2 heterocycles. The van der Waals surface area contributed by atoms with Crippen LogP contribution in [0, 0.1) is 0 Å². The average molecular weight is 415 g/mol. The zero-order valence-corrected chi connectivity index (χ0v) is 17.7. The minimum atomic E-state index is 0.698. The van der Waals surface area contributed by atoms with Gasteiger partial charge in [0, 0.05) is 61.7 Å². The normalized spacial score (nSPS) is 11.5. The van der Waals surface area contributed by atoms with Crippen LogP contribution in [0.3, 0.4) is 0 Å². The van der Waals surface area contributed by atoms with Crippen molar-refractivity contribution in [1.29, 1.82) is 0 Å². The number of aliphatic imine (C=N–C) groups is 1. The van der Waals surface area contributed by atoms with Crippen molar-refractivity contribution in [1.82, 2.24) is 15.2 Å². The van der Waals surface area contributed by atoms with E-state index in [9.17, 15) is 0 Å². The molecule has 0 saturated carbocycles. The molecule has 0 aliphatic rings. The van der Waals surface area contributed by atoms with Gasteiger partial charge in [0.1, 0.15) is 5.76 Å². The van der Waals surface area contributed by atoms with E-state index < -0.39 is 0 Å². The predicted molar refractivity (Wildman–Crippen MR) is 118 cm³/mol. The first-order valence-electron chi connectivity index (χ1n) is 9.39. The molecule has 0 amide bonds. The minimum absolute atomic E-state index is 0.698. The monoisotopic (exact) mass is 414 g/mol. The Morgan fingerprint density at radius 3 is 2.86 bits per heavy atom. The summed E-state index contributed by atoms with van der Waals surface area (Å²) in [6.07, 6.45) is 5.29. The van der Waals surface area contributed by atoms with Crippen LogP contribution in [-0.2, 0) is 12.8 Å². The smallest absolute Gasteiger partial charge is 0.193 e. The highest BCUT2D eigenvalue weighted by Crippen LogP contribution is 2.15. The van der Waals surface area contributed by atoms with Crippen molar-refractivity contribution >= 4 is 29.1 Å². The SMILES string of the molecule is CN(CCc1nccs1)C(=NCCc1ccco1)NCCSc1ccccc1. The van der Waals surface area contributed by atoms with E-state index in [1.807, 2.05) is 41.5 Å². The first kappa shape index (κ1) is 20.5. The van der Waals surface area contributed by atoms with E-state index in [1.54, 1.807) is 17.6 Å². The summed E-state index contributed by atoms with van der Waals surface area (Å²) in [5, 5.41) is 6.68. The molecule has 0 aliphatic heterocycles. The lowest BCUT2D eigenvalue weighted by Gasteiger charge is -2.22. The molecule has 0 atom stereocenters. The van der Waals surface area contributed by atoms with Gasteiger partial charge in [-0.15, -0.1) is 23.1 Å². The molecule has 0 fully saturated rings. The van der Waals surface area contributed by atoms with Crippen LogP contribution >= 0.6 is 23.1 Å². The number of nitrogens with one attached hydrogen (secondary N) is 1. The molecule has 0 saturated heterocycles. The number of thiazole rings is 1. The van der Waals surface area contributed by atoms with Crippen LogP contribution in [0.4, 0.5) is 0 Å². The van der Waals surface area contributed by atoms with Gasteiger partial charge < -0.3 is 14.6 Å². The molecule has 0 radical (unpaired) electrons. The van der Waals surface area contributed by atoms with Crippen LogP contribution in [0.5, 0.6) is 0 Å². The highest BCUT2D eigenvalue weighted by molar-refractivity contribution is 7.99. The number of nitrogens with zero attached hydrogens (tertiary/aromatic N) is 3. The van der Waals surface area contributed by atoms with Crippen molar-refractivity contribution in [2.45, 2.75) is 17.7 Å². The zero-order chi connectivity index (χ0) is 19.4. The topological polar surface area (TPSA) is 53.7 Å². The van der Waals surface area contributed by atoms with Gasteiger partial charge in [-0.3, -0.25) is 4.99 Å². The van der Waals surface area contributed by atoms with Gasteiger partial charge >= 0.3 is 0 Å². The number of furan rings is 1. The van der Waals surface area contributed by atoms with Crippen molar-refractivity contribution < 1.29 is 4.42 Å². The Hall–Kier alpha value is -2.25. The zero-order valence-electron chi connectivity index (χ0n) is 16.1. The Kier molecular flexibility index (Phi) is 8.46. The Labute approximate surface area is 174 Å². The molecule has 3 rings (SSSR count). The first-order chi connectivity index (χ1) is 13.8. The molecule has 0 aliphatic carbocycles. The van der Waals surface area contributed by atoms with Crippen molar-refractivity contribution in [3.8, 4) is 0 Å². The molecule has 148 valence electrons. The molecule has 0 bridgehead atoms. The van der Waals surface area contributed by atoms with E-state index in [2.05, 4.69) is 46.5 Å². The summed E-state index contributed by atoms with van der Waals surface area (Å²) in [5.41, 5.74) is 0. The number of thioether (sulfide) groups is 1. The summed E-state index contributed by atoms with van der Waals surface area (Å²) in [6.45, 7) is 2.44. The van der Waals surface area contributed by atoms with Crippen LogP contribution in [0.15, 0.2) is 74.6 Å². The largest absolute Gasteiger partial charge is 0.469 e. The Morgan fingerprint density at radius 2 is 2.11 bits per heavy atom. The van der Waals surface area contributed by atoms with Crippen LogP contribution < -0.4 is 5.32 Å². The number of hydrogen-bond donors (Lipinski definition) is 1. The van der Waals surface area contributed by atoms with Gasteiger partial charge in [0.05, 0.1) is 11.3 Å². The molecule has 2 aromatic heterocycles. The van der Waals surface area contributed by atoms with Gasteiger partial charge in [0.15, 0.2) is 5.96 Å². The maximum atomic E-state index is 5.41. The summed E-state index contributed by atoms with van der Waals surface area (Å²) in [4.78, 5) is 12.6. The van der Waals surface area contributed by atoms with E-state index in [0.717, 1.165) is 48.4 Å². The highest BCUT2D eigenvalue weighted by Gasteiger charge is 2.08. The van der Waals surface area contributed by atoms with Crippen molar-refractivity contribution in [2.24, 2.45) is 4.99 Å². The molecular formula is C21H26N4OS2. The number of rotatable bonds is 10. The number of hydrogen-bond acceptors (Lipinski definition) is 5. The second kappa shape index (κ2) is 11.6. The van der Waals surface area contributed by atoms with Gasteiger partial charge in [0.2, 0.25) is 0 Å². The Balaban J connectivity index is 1.50. The number of benzene rings is 1. The van der Waals surface area contributed by atoms with E-state index in [-0.39, 0.29) is 0 Å². The molecule has 0 spiro atoms. The Morgan fingerprint density at radius 1 is 1.21 bits per heavy atom. The minimum Gasteiger partial charge on any atom is -0.469 e. The molecule has 7 heteroatoms. The third kappa shape index (κ3) is 7.05. The highest BCUT2D eigenvalue weighted by atomic mass is 32.2. The van der Waals surface area contributed by atoms with Crippen molar-refractivity contribution in [2.75, 3.05) is 32.4 Å². The number of guanidine groups is 1. The maximum Gasteiger partial charge on any atom is 0.193 e. The van der Waals surface area contributed by atoms with E-state index in [0.29, 0.717) is 6.54 Å². The van der Waals surface area contributed by atoms with E-state index in [4.69, 9.17) is 9.41 Å². The van der Waals surface area contributed by atoms with Gasteiger partial charge in [-0.2, -0.15) is 0 Å². The van der Waals surface area contributed by atoms with E-state index in [1.165, 1.54) is 4.90 Å². The number of likely N-dealkylation sites (N-methyl/N-ethyl adjacent to an activating group) is 1. The summed E-state index contributed by atoms with van der Waals surface area (Å²) >= 11 is 3.55. The molecule has 1 N–H and O–H groups in total. The average Bonchev–Trinajstić information content (AvgIpc) is 3.43. The molecule has 1 aromatic carbocycles. The van der Waals surface area contributed by atoms with Crippen LogP contribution in [-0.4, -0.2) is 48.3 Å². The third-order valence-corrected chi connectivity index (χ3v) is 5.96. The standard InChI is InChI=1S/C21H26N4OS2/c1-25(14-10-20-22-12-17-28-20)21(23-11-9-18-6-5-15-26-18)24-13-16-27-19-7-3-2-4-8-19/h2-8,12,15,17H,9-11,13-14,16H2,1H3,(H,23,24). The second-order valence-electron chi connectivity index (χ2n) is 6.22. The van der Waals surface area contributed by atoms with E-state index >= 15 is 0 Å². The fraction of sp³-hybridized carbons (Fsp3) is 0.333. The summed E-state index contributed by atoms with van der Waals surface area (Å²) in [7, 11) is 2.08. The molecule has 5 nitrogen and oxygen atoms in total. The lowest BCUT2D eigenvalue weighted by molar-refractivity contribution is 0.481. The maximum absolute atomic E-state index is 5.41. The first-order valence-corrected chi connectivity index (χ1v) is 11.3. The fourth-order valence-electron chi connectivity index (χ4n) is 2.63. The molecular weight excluding hydrogens is 388 g/mol. The van der Waals surface area contributed by atoms with Gasteiger partial charge in [-0.1, -0.05) is 18.2 Å². The predicted octanol–water partition coefficient (Wildman–Crippen LogP) is 4.19. The Bertz CT molecular complexity index is 804. The van der Waals surface area contributed by atoms with Crippen LogP contribution in [0.2, 0.25) is 0 Å². The quantitative estimate of drug-likeness (QED) is 0.233. The fourth-order valence-corrected chi connectivity index (χ4v) is 4.03. The summed E-state index contributed by atoms with van der Waals surface area (Å²) < 4.78 is 5.41. The van der Waals surface area contributed by atoms with Gasteiger partial charge in [0.25, 0.3) is 0 Å². The lowest BCUT2D eigenvalue weighted by atomic mass is 10.3. The van der Waals surface area contributed by atoms with Crippen LogP contribution in [0.25, 0.3) is 0 Å². The van der Waals surface area contributed by atoms with Crippen molar-refractivity contribution in [3.05, 3.63) is 71.1 Å². The summed E-state index contributed by atoms with van der Waals surface area (Å²) in [6, 6.07) is 14.4. The summed E-state index contributed by atoms with van der Waals surface area (Å²) in [5.74, 6) is 2.88.